The van der Waals surface area contributed by atoms with Gasteiger partial charge in [0.15, 0.2) is 5.78 Å². The van der Waals surface area contributed by atoms with Crippen LogP contribution in [-0.4, -0.2) is 19.9 Å². The predicted molar refractivity (Wildman–Crippen MR) is 111 cm³/mol. The highest BCUT2D eigenvalue weighted by Crippen LogP contribution is 2.25. The number of carbonyl (C=O) groups is 1. The van der Waals surface area contributed by atoms with Crippen LogP contribution in [-0.2, 0) is 13.1 Å². The van der Waals surface area contributed by atoms with Crippen LogP contribution in [0.2, 0.25) is 0 Å². The van der Waals surface area contributed by atoms with Gasteiger partial charge in [-0.1, -0.05) is 13.8 Å². The molecule has 6 heteroatoms. The molecule has 3 rings (SSSR count). The Labute approximate surface area is 163 Å². The molecule has 0 unspecified atom stereocenters. The summed E-state index contributed by atoms with van der Waals surface area (Å²) in [5.74, 6) is 0.561. The zero-order chi connectivity index (χ0) is 19.9. The van der Waals surface area contributed by atoms with E-state index in [1.54, 1.807) is 0 Å². The molecular weight excluding hydrogens is 358 g/mol. The molecule has 0 aliphatic rings. The third-order valence-electron chi connectivity index (χ3n) is 5.27. The lowest BCUT2D eigenvalue weighted by molar-refractivity contribution is 0.0970. The Morgan fingerprint density at radius 1 is 1.22 bits per heavy atom. The van der Waals surface area contributed by atoms with Gasteiger partial charge >= 0.3 is 0 Å². The van der Waals surface area contributed by atoms with Crippen molar-refractivity contribution in [3.8, 4) is 0 Å². The zero-order valence-corrected chi connectivity index (χ0v) is 17.7. The number of carbonyl (C=O) groups excluding carboxylic acids is 1. The number of fused-ring (bicyclic) bond motifs is 1. The Morgan fingerprint density at radius 2 is 1.93 bits per heavy atom. The van der Waals surface area contributed by atoms with Crippen molar-refractivity contribution in [1.29, 1.82) is 0 Å². The Bertz CT molecular complexity index is 1070. The molecular formula is C21H27N3O2S. The fraction of sp³-hybridized carbons (Fsp3) is 0.476. The van der Waals surface area contributed by atoms with E-state index in [1.807, 2.05) is 33.8 Å². The number of Topliss-reactive ketones (excluding diaryl/α,β-unsaturated/α-hetero) is 1. The van der Waals surface area contributed by atoms with Crippen molar-refractivity contribution >= 4 is 27.3 Å². The van der Waals surface area contributed by atoms with Crippen LogP contribution < -0.4 is 5.56 Å². The van der Waals surface area contributed by atoms with Crippen molar-refractivity contribution in [1.82, 2.24) is 14.1 Å². The van der Waals surface area contributed by atoms with Gasteiger partial charge in [-0.25, -0.2) is 4.98 Å². The van der Waals surface area contributed by atoms with Crippen molar-refractivity contribution in [2.75, 3.05) is 0 Å². The quantitative estimate of drug-likeness (QED) is 0.590. The van der Waals surface area contributed by atoms with Crippen LogP contribution in [0.4, 0.5) is 0 Å². The number of aromatic nitrogens is 3. The van der Waals surface area contributed by atoms with Gasteiger partial charge in [0.1, 0.15) is 4.83 Å². The van der Waals surface area contributed by atoms with Gasteiger partial charge in [0.25, 0.3) is 5.56 Å². The molecule has 0 saturated carbocycles. The topological polar surface area (TPSA) is 56.9 Å². The zero-order valence-electron chi connectivity index (χ0n) is 16.9. The summed E-state index contributed by atoms with van der Waals surface area (Å²) in [5, 5.41) is 0.634. The van der Waals surface area contributed by atoms with Gasteiger partial charge < -0.3 is 4.57 Å². The molecule has 0 aliphatic heterocycles. The first-order valence-electron chi connectivity index (χ1n) is 9.35. The maximum Gasteiger partial charge on any atom is 0.262 e. The summed E-state index contributed by atoms with van der Waals surface area (Å²) < 4.78 is 3.63. The van der Waals surface area contributed by atoms with E-state index < -0.39 is 0 Å². The molecule has 0 saturated heterocycles. The lowest BCUT2D eigenvalue weighted by Crippen LogP contribution is -2.25. The first kappa shape index (κ1) is 19.5. The molecule has 0 N–H and O–H groups in total. The molecule has 0 aliphatic carbocycles. The van der Waals surface area contributed by atoms with Crippen molar-refractivity contribution < 1.29 is 4.79 Å². The standard InChI is InChI=1S/C21H27N3O2S/c1-12(2)7-8-24-13(3)9-17(15(24)5)18(25)10-23-11-22-20-19(21(23)26)14(4)16(6)27-20/h9,11-12H,7-8,10H2,1-6H3. The number of hydrogen-bond acceptors (Lipinski definition) is 4. The molecule has 0 spiro atoms. The Hall–Kier alpha value is -2.21. The van der Waals surface area contributed by atoms with E-state index in [0.717, 1.165) is 39.6 Å². The SMILES string of the molecule is Cc1sc2ncn(CC(=O)c3cc(C)n(CCC(C)C)c3C)c(=O)c2c1C. The second-order valence-corrected chi connectivity index (χ2v) is 8.89. The highest BCUT2D eigenvalue weighted by Gasteiger charge is 2.18. The van der Waals surface area contributed by atoms with Crippen LogP contribution in [0.1, 0.15) is 52.5 Å². The molecule has 5 nitrogen and oxygen atoms in total. The summed E-state index contributed by atoms with van der Waals surface area (Å²) in [4.78, 5) is 32.0. The summed E-state index contributed by atoms with van der Waals surface area (Å²) in [6.07, 6.45) is 2.57. The van der Waals surface area contributed by atoms with Crippen LogP contribution in [0.15, 0.2) is 17.2 Å². The van der Waals surface area contributed by atoms with Gasteiger partial charge in [-0.05, 0) is 51.7 Å². The summed E-state index contributed by atoms with van der Waals surface area (Å²) >= 11 is 1.52. The minimum atomic E-state index is -0.135. The van der Waals surface area contributed by atoms with E-state index in [1.165, 1.54) is 22.2 Å². The fourth-order valence-electron chi connectivity index (χ4n) is 3.44. The second-order valence-electron chi connectivity index (χ2n) is 7.68. The maximum atomic E-state index is 12.9. The highest BCUT2D eigenvalue weighted by atomic mass is 32.1. The lowest BCUT2D eigenvalue weighted by Gasteiger charge is -2.11. The highest BCUT2D eigenvalue weighted by molar-refractivity contribution is 7.18. The number of hydrogen-bond donors (Lipinski definition) is 0. The predicted octanol–water partition coefficient (Wildman–Crippen LogP) is 4.42. The van der Waals surface area contributed by atoms with Crippen molar-refractivity contribution in [3.05, 3.63) is 50.1 Å². The number of nitrogens with zero attached hydrogens (tertiary/aromatic N) is 3. The van der Waals surface area contributed by atoms with Crippen LogP contribution >= 0.6 is 11.3 Å². The molecule has 27 heavy (non-hydrogen) atoms. The van der Waals surface area contributed by atoms with E-state index in [2.05, 4.69) is 23.4 Å². The van der Waals surface area contributed by atoms with Crippen LogP contribution in [0.3, 0.4) is 0 Å². The van der Waals surface area contributed by atoms with Gasteiger partial charge in [-0.15, -0.1) is 11.3 Å². The Morgan fingerprint density at radius 3 is 2.59 bits per heavy atom. The minimum Gasteiger partial charge on any atom is -0.348 e. The maximum absolute atomic E-state index is 12.9. The van der Waals surface area contributed by atoms with E-state index in [4.69, 9.17) is 0 Å². The van der Waals surface area contributed by atoms with E-state index in [0.29, 0.717) is 16.9 Å². The summed E-state index contributed by atoms with van der Waals surface area (Å²) in [6, 6.07) is 1.94. The van der Waals surface area contributed by atoms with Crippen molar-refractivity contribution in [3.63, 3.8) is 0 Å². The average Bonchev–Trinajstić information content (AvgIpc) is 3.05. The van der Waals surface area contributed by atoms with Crippen molar-refractivity contribution in [2.24, 2.45) is 5.92 Å². The van der Waals surface area contributed by atoms with Crippen LogP contribution in [0.5, 0.6) is 0 Å². The third-order valence-corrected chi connectivity index (χ3v) is 6.39. The molecule has 0 aromatic carbocycles. The summed E-state index contributed by atoms with van der Waals surface area (Å²) in [6.45, 7) is 13.3. The first-order valence-corrected chi connectivity index (χ1v) is 10.2. The van der Waals surface area contributed by atoms with E-state index >= 15 is 0 Å². The minimum absolute atomic E-state index is 0.0184. The number of rotatable bonds is 6. The molecule has 0 bridgehead atoms. The monoisotopic (exact) mass is 385 g/mol. The summed E-state index contributed by atoms with van der Waals surface area (Å²) in [7, 11) is 0. The van der Waals surface area contributed by atoms with E-state index in [-0.39, 0.29) is 17.9 Å². The Balaban J connectivity index is 1.91. The van der Waals surface area contributed by atoms with Crippen LogP contribution in [0, 0.1) is 33.6 Å². The van der Waals surface area contributed by atoms with Gasteiger partial charge in [0, 0.05) is 28.4 Å². The first-order chi connectivity index (χ1) is 12.7. The largest absolute Gasteiger partial charge is 0.348 e. The molecule has 0 radical (unpaired) electrons. The number of aryl methyl sites for hydroxylation is 3. The van der Waals surface area contributed by atoms with Gasteiger partial charge in [-0.2, -0.15) is 0 Å². The molecule has 3 aromatic heterocycles. The molecule has 144 valence electrons. The van der Waals surface area contributed by atoms with E-state index in [9.17, 15) is 9.59 Å². The van der Waals surface area contributed by atoms with Gasteiger partial charge in [0.2, 0.25) is 0 Å². The molecule has 3 aromatic rings. The second kappa shape index (κ2) is 7.43. The molecule has 0 amide bonds. The molecule has 3 heterocycles. The van der Waals surface area contributed by atoms with Gasteiger partial charge in [-0.3, -0.25) is 14.2 Å². The lowest BCUT2D eigenvalue weighted by atomic mass is 10.1. The normalized spacial score (nSPS) is 11.7. The summed E-state index contributed by atoms with van der Waals surface area (Å²) in [5.41, 5.74) is 3.58. The number of thiophene rings is 1. The van der Waals surface area contributed by atoms with Crippen molar-refractivity contribution in [2.45, 2.75) is 61.1 Å². The fourth-order valence-corrected chi connectivity index (χ4v) is 4.42. The Kier molecular flexibility index (Phi) is 5.38. The number of ketones is 1. The smallest absolute Gasteiger partial charge is 0.262 e. The molecule has 0 fully saturated rings. The molecule has 0 atom stereocenters. The average molecular weight is 386 g/mol. The third kappa shape index (κ3) is 3.63. The van der Waals surface area contributed by atoms with Gasteiger partial charge in [0.05, 0.1) is 18.3 Å². The van der Waals surface area contributed by atoms with Crippen LogP contribution in [0.25, 0.3) is 10.2 Å².